The molecule has 112 valence electrons. The van der Waals surface area contributed by atoms with E-state index in [1.54, 1.807) is 0 Å². The first-order valence-corrected chi connectivity index (χ1v) is 7.50. The summed E-state index contributed by atoms with van der Waals surface area (Å²) in [6.45, 7) is 7.15. The highest BCUT2D eigenvalue weighted by atomic mass is 16.5. The molecule has 1 saturated carbocycles. The van der Waals surface area contributed by atoms with Crippen molar-refractivity contribution in [2.45, 2.75) is 51.8 Å². The van der Waals surface area contributed by atoms with E-state index >= 15 is 0 Å². The van der Waals surface area contributed by atoms with Crippen LogP contribution in [0.25, 0.3) is 0 Å². The quantitative estimate of drug-likeness (QED) is 0.752. The Balaban J connectivity index is 1.94. The van der Waals surface area contributed by atoms with Crippen LogP contribution in [0, 0.1) is 0 Å². The van der Waals surface area contributed by atoms with Crippen molar-refractivity contribution in [1.29, 1.82) is 0 Å². The molecule has 1 aliphatic carbocycles. The van der Waals surface area contributed by atoms with Crippen LogP contribution in [-0.4, -0.2) is 36.7 Å². The van der Waals surface area contributed by atoms with Crippen LogP contribution in [0.1, 0.15) is 33.6 Å². The Bertz CT molecular complexity index is 443. The fourth-order valence-corrected chi connectivity index (χ4v) is 2.30. The second-order valence-corrected chi connectivity index (χ2v) is 6.01. The van der Waals surface area contributed by atoms with Gasteiger partial charge >= 0.3 is 0 Å². The summed E-state index contributed by atoms with van der Waals surface area (Å²) in [7, 11) is 2.20. The number of para-hydroxylation sites is 1. The van der Waals surface area contributed by atoms with E-state index in [2.05, 4.69) is 24.2 Å². The summed E-state index contributed by atoms with van der Waals surface area (Å²) < 4.78 is 5.71. The number of hydrogen-bond donors (Lipinski definition) is 2. The highest BCUT2D eigenvalue weighted by Gasteiger charge is 2.28. The summed E-state index contributed by atoms with van der Waals surface area (Å²) in [5.41, 5.74) is 7.82. The summed E-state index contributed by atoms with van der Waals surface area (Å²) in [4.78, 5) is 2.44. The summed E-state index contributed by atoms with van der Waals surface area (Å²) in [6, 6.07) is 7.18. The van der Waals surface area contributed by atoms with Crippen molar-refractivity contribution >= 4 is 11.4 Å². The second-order valence-electron chi connectivity index (χ2n) is 6.01. The van der Waals surface area contributed by atoms with Gasteiger partial charge in [-0.05, 0) is 52.8 Å². The zero-order valence-electron chi connectivity index (χ0n) is 13.0. The first kappa shape index (κ1) is 15.0. The number of ether oxygens (including phenoxy) is 1. The molecule has 0 spiro atoms. The molecule has 0 aromatic heterocycles. The monoisotopic (exact) mass is 277 g/mol. The molecule has 4 nitrogen and oxygen atoms in total. The fourth-order valence-electron chi connectivity index (χ4n) is 2.30. The molecule has 0 saturated heterocycles. The molecule has 4 heteroatoms. The Kier molecular flexibility index (Phi) is 4.76. The van der Waals surface area contributed by atoms with Crippen molar-refractivity contribution in [3.05, 3.63) is 18.2 Å². The highest BCUT2D eigenvalue weighted by Crippen LogP contribution is 2.31. The van der Waals surface area contributed by atoms with E-state index in [-0.39, 0.29) is 6.10 Å². The number of benzene rings is 1. The lowest BCUT2D eigenvalue weighted by molar-refractivity contribution is 0.244. The summed E-state index contributed by atoms with van der Waals surface area (Å²) in [5, 5.41) is 3.44. The van der Waals surface area contributed by atoms with Gasteiger partial charge in [0, 0.05) is 18.6 Å². The average Bonchev–Trinajstić information content (AvgIpc) is 3.22. The first-order chi connectivity index (χ1) is 9.49. The second kappa shape index (κ2) is 6.35. The summed E-state index contributed by atoms with van der Waals surface area (Å²) >= 11 is 0. The SMILES string of the molecule is CC(C)Oc1cccc(NCC(C)N(C)C2CC2)c1N. The Hall–Kier alpha value is -1.42. The average molecular weight is 277 g/mol. The van der Waals surface area contributed by atoms with E-state index in [0.29, 0.717) is 11.7 Å². The molecule has 0 aliphatic heterocycles. The third-order valence-corrected chi connectivity index (χ3v) is 3.83. The van der Waals surface area contributed by atoms with Gasteiger partial charge in [-0.1, -0.05) is 6.07 Å². The number of nitrogens with two attached hydrogens (primary N) is 1. The fraction of sp³-hybridized carbons (Fsp3) is 0.625. The van der Waals surface area contributed by atoms with Crippen LogP contribution >= 0.6 is 0 Å². The van der Waals surface area contributed by atoms with Gasteiger partial charge in [0.25, 0.3) is 0 Å². The zero-order chi connectivity index (χ0) is 14.7. The Morgan fingerprint density at radius 3 is 2.65 bits per heavy atom. The van der Waals surface area contributed by atoms with Gasteiger partial charge in [-0.3, -0.25) is 4.90 Å². The molecule has 0 bridgehead atoms. The van der Waals surface area contributed by atoms with Crippen molar-refractivity contribution in [3.63, 3.8) is 0 Å². The van der Waals surface area contributed by atoms with Gasteiger partial charge in [-0.2, -0.15) is 0 Å². The van der Waals surface area contributed by atoms with Gasteiger partial charge in [-0.25, -0.2) is 0 Å². The molecule has 1 aromatic rings. The van der Waals surface area contributed by atoms with Gasteiger partial charge < -0.3 is 15.8 Å². The molecular formula is C16H27N3O. The van der Waals surface area contributed by atoms with Crippen LogP contribution in [0.15, 0.2) is 18.2 Å². The number of hydrogen-bond acceptors (Lipinski definition) is 4. The third kappa shape index (κ3) is 3.79. The van der Waals surface area contributed by atoms with Crippen molar-refractivity contribution in [2.24, 2.45) is 0 Å². The lowest BCUT2D eigenvalue weighted by Gasteiger charge is -2.25. The number of anilines is 2. The zero-order valence-corrected chi connectivity index (χ0v) is 13.0. The van der Waals surface area contributed by atoms with E-state index in [1.165, 1.54) is 12.8 Å². The number of nitrogens with zero attached hydrogens (tertiary/aromatic N) is 1. The number of rotatable bonds is 7. The van der Waals surface area contributed by atoms with Crippen LogP contribution in [-0.2, 0) is 0 Å². The molecule has 1 fully saturated rings. The lowest BCUT2D eigenvalue weighted by Crippen LogP contribution is -2.36. The Morgan fingerprint density at radius 2 is 2.05 bits per heavy atom. The molecule has 0 radical (unpaired) electrons. The highest BCUT2D eigenvalue weighted by molar-refractivity contribution is 5.72. The van der Waals surface area contributed by atoms with E-state index in [0.717, 1.165) is 24.0 Å². The van der Waals surface area contributed by atoms with Crippen LogP contribution < -0.4 is 15.8 Å². The maximum absolute atomic E-state index is 6.16. The molecule has 1 unspecified atom stereocenters. The van der Waals surface area contributed by atoms with Gasteiger partial charge in [0.15, 0.2) is 0 Å². The van der Waals surface area contributed by atoms with E-state index < -0.39 is 0 Å². The van der Waals surface area contributed by atoms with Gasteiger partial charge in [0.1, 0.15) is 5.75 Å². The van der Waals surface area contributed by atoms with Crippen LogP contribution in [0.4, 0.5) is 11.4 Å². The minimum Gasteiger partial charge on any atom is -0.489 e. The Labute approximate surface area is 122 Å². The lowest BCUT2D eigenvalue weighted by atomic mass is 10.2. The van der Waals surface area contributed by atoms with Crippen LogP contribution in [0.5, 0.6) is 5.75 Å². The molecule has 1 atom stereocenters. The maximum atomic E-state index is 6.16. The van der Waals surface area contributed by atoms with Crippen molar-refractivity contribution < 1.29 is 4.74 Å². The van der Waals surface area contributed by atoms with Crippen molar-refractivity contribution in [1.82, 2.24) is 4.90 Å². The molecular weight excluding hydrogens is 250 g/mol. The van der Waals surface area contributed by atoms with Crippen molar-refractivity contribution in [3.8, 4) is 5.75 Å². The smallest absolute Gasteiger partial charge is 0.144 e. The van der Waals surface area contributed by atoms with Crippen molar-refractivity contribution in [2.75, 3.05) is 24.6 Å². The Morgan fingerprint density at radius 1 is 1.35 bits per heavy atom. The molecule has 2 rings (SSSR count). The van der Waals surface area contributed by atoms with Crippen LogP contribution in [0.3, 0.4) is 0 Å². The van der Waals surface area contributed by atoms with E-state index in [1.807, 2.05) is 32.0 Å². The minimum atomic E-state index is 0.132. The molecule has 20 heavy (non-hydrogen) atoms. The minimum absolute atomic E-state index is 0.132. The maximum Gasteiger partial charge on any atom is 0.144 e. The van der Waals surface area contributed by atoms with E-state index in [9.17, 15) is 0 Å². The standard InChI is InChI=1S/C16H27N3O/c1-11(2)20-15-7-5-6-14(16(15)17)18-10-12(3)19(4)13-8-9-13/h5-7,11-13,18H,8-10,17H2,1-4H3. The van der Waals surface area contributed by atoms with E-state index in [4.69, 9.17) is 10.5 Å². The summed E-state index contributed by atoms with van der Waals surface area (Å²) in [6.07, 6.45) is 2.80. The molecule has 1 aliphatic rings. The molecule has 3 N–H and O–H groups in total. The number of nitrogen functional groups attached to an aromatic ring is 1. The number of likely N-dealkylation sites (N-methyl/N-ethyl adjacent to an activating group) is 1. The molecule has 0 heterocycles. The first-order valence-electron chi connectivity index (χ1n) is 7.50. The van der Waals surface area contributed by atoms with Gasteiger partial charge in [-0.15, -0.1) is 0 Å². The van der Waals surface area contributed by atoms with Gasteiger partial charge in [0.05, 0.1) is 17.5 Å². The molecule has 0 amide bonds. The topological polar surface area (TPSA) is 50.5 Å². The third-order valence-electron chi connectivity index (χ3n) is 3.83. The largest absolute Gasteiger partial charge is 0.489 e. The summed E-state index contributed by atoms with van der Waals surface area (Å²) in [5.74, 6) is 0.758. The molecule has 1 aromatic carbocycles. The van der Waals surface area contributed by atoms with Crippen LogP contribution in [0.2, 0.25) is 0 Å². The number of nitrogens with one attached hydrogen (secondary N) is 1. The predicted octanol–water partition coefficient (Wildman–Crippen LogP) is 2.95. The normalized spacial score (nSPS) is 16.5. The predicted molar refractivity (Wildman–Crippen MR) is 85.4 cm³/mol. The van der Waals surface area contributed by atoms with Gasteiger partial charge in [0.2, 0.25) is 0 Å².